The van der Waals surface area contributed by atoms with Crippen molar-refractivity contribution in [1.82, 2.24) is 20.1 Å². The Kier molecular flexibility index (Phi) is 3.46. The van der Waals surface area contributed by atoms with Crippen molar-refractivity contribution in [3.05, 3.63) is 24.1 Å². The van der Waals surface area contributed by atoms with E-state index in [1.54, 1.807) is 6.07 Å². The molecule has 0 radical (unpaired) electrons. The number of hydrogen-bond acceptors (Lipinski definition) is 8. The van der Waals surface area contributed by atoms with Gasteiger partial charge in [-0.25, -0.2) is 15.8 Å². The van der Waals surface area contributed by atoms with Crippen molar-refractivity contribution in [1.29, 1.82) is 0 Å². The lowest BCUT2D eigenvalue weighted by Crippen LogP contribution is -2.12. The summed E-state index contributed by atoms with van der Waals surface area (Å²) in [5.74, 6) is 7.81. The fourth-order valence-electron chi connectivity index (χ4n) is 1.26. The Bertz CT molecular complexity index is 448. The Morgan fingerprint density at radius 3 is 2.76 bits per heavy atom. The van der Waals surface area contributed by atoms with Crippen molar-refractivity contribution in [3.8, 4) is 0 Å². The zero-order valence-electron chi connectivity index (χ0n) is 9.34. The van der Waals surface area contributed by atoms with Crippen LogP contribution in [0.5, 0.6) is 0 Å². The summed E-state index contributed by atoms with van der Waals surface area (Å²) in [5.41, 5.74) is 2.49. The summed E-state index contributed by atoms with van der Waals surface area (Å²) < 4.78 is 4.63. The van der Waals surface area contributed by atoms with Gasteiger partial charge < -0.3 is 15.3 Å². The average Bonchev–Trinajstić information content (AvgIpc) is 2.89. The van der Waals surface area contributed by atoms with Crippen molar-refractivity contribution in [2.24, 2.45) is 5.84 Å². The van der Waals surface area contributed by atoms with Gasteiger partial charge in [-0.05, 0) is 0 Å². The summed E-state index contributed by atoms with van der Waals surface area (Å²) in [4.78, 5) is 12.4. The lowest BCUT2D eigenvalue weighted by molar-refractivity contribution is 0.411. The first kappa shape index (κ1) is 11.3. The van der Waals surface area contributed by atoms with E-state index in [1.165, 1.54) is 6.39 Å². The van der Waals surface area contributed by atoms with E-state index < -0.39 is 0 Å². The van der Waals surface area contributed by atoms with Crippen LogP contribution in [0.4, 0.5) is 11.6 Å². The molecule has 0 unspecified atom stereocenters. The zero-order chi connectivity index (χ0) is 12.1. The second-order valence-electron chi connectivity index (χ2n) is 3.25. The Morgan fingerprint density at radius 2 is 2.12 bits per heavy atom. The minimum Gasteiger partial charge on any atom is -0.362 e. The minimum atomic E-state index is 0.431. The standard InChI is InChI=1S/C9H13N7O/c1-2-6-13-7(3-8(14-6)15-10)11-4-9-12-5-17-16-9/h3,5H,2,4,10H2,1H3,(H2,11,13,14,15). The van der Waals surface area contributed by atoms with E-state index >= 15 is 0 Å². The molecule has 0 spiro atoms. The first-order chi connectivity index (χ1) is 8.31. The van der Waals surface area contributed by atoms with Crippen molar-refractivity contribution in [2.45, 2.75) is 19.9 Å². The molecular formula is C9H13N7O. The van der Waals surface area contributed by atoms with Crippen LogP contribution in [0, 0.1) is 0 Å². The number of nitrogen functional groups attached to an aromatic ring is 1. The first-order valence-corrected chi connectivity index (χ1v) is 5.15. The lowest BCUT2D eigenvalue weighted by Gasteiger charge is -2.07. The van der Waals surface area contributed by atoms with Gasteiger partial charge in [0.05, 0.1) is 6.54 Å². The zero-order valence-corrected chi connectivity index (χ0v) is 9.34. The average molecular weight is 235 g/mol. The molecule has 8 heteroatoms. The monoisotopic (exact) mass is 235 g/mol. The van der Waals surface area contributed by atoms with Gasteiger partial charge in [-0.2, -0.15) is 4.98 Å². The van der Waals surface area contributed by atoms with Gasteiger partial charge in [0.25, 0.3) is 0 Å². The normalized spacial score (nSPS) is 10.2. The van der Waals surface area contributed by atoms with E-state index in [-0.39, 0.29) is 0 Å². The van der Waals surface area contributed by atoms with Crippen LogP contribution < -0.4 is 16.6 Å². The van der Waals surface area contributed by atoms with Crippen LogP contribution in [-0.4, -0.2) is 20.1 Å². The molecule has 0 fully saturated rings. The van der Waals surface area contributed by atoms with Gasteiger partial charge in [0.2, 0.25) is 6.39 Å². The summed E-state index contributed by atoms with van der Waals surface area (Å²) in [5, 5.41) is 6.75. The molecule has 17 heavy (non-hydrogen) atoms. The predicted molar refractivity (Wildman–Crippen MR) is 60.8 cm³/mol. The maximum Gasteiger partial charge on any atom is 0.213 e. The topological polar surface area (TPSA) is 115 Å². The van der Waals surface area contributed by atoms with E-state index in [0.717, 1.165) is 6.42 Å². The Hall–Kier alpha value is -2.22. The fourth-order valence-corrected chi connectivity index (χ4v) is 1.26. The molecule has 8 nitrogen and oxygen atoms in total. The number of nitrogens with one attached hydrogen (secondary N) is 2. The molecule has 0 amide bonds. The highest BCUT2D eigenvalue weighted by Gasteiger charge is 2.04. The lowest BCUT2D eigenvalue weighted by atomic mass is 10.4. The minimum absolute atomic E-state index is 0.431. The van der Waals surface area contributed by atoms with Crippen molar-refractivity contribution in [2.75, 3.05) is 10.7 Å². The summed E-state index contributed by atoms with van der Waals surface area (Å²) in [6.45, 7) is 2.40. The molecule has 0 aliphatic carbocycles. The summed E-state index contributed by atoms with van der Waals surface area (Å²) >= 11 is 0. The predicted octanol–water partition coefficient (Wildman–Crippen LogP) is 0.320. The SMILES string of the molecule is CCc1nc(NN)cc(NCc2ncon2)n1. The second-order valence-corrected chi connectivity index (χ2v) is 3.25. The molecule has 0 saturated heterocycles. The van der Waals surface area contributed by atoms with Gasteiger partial charge in [0.1, 0.15) is 17.5 Å². The van der Waals surface area contributed by atoms with E-state index in [1.807, 2.05) is 6.92 Å². The molecule has 90 valence electrons. The number of rotatable bonds is 5. The van der Waals surface area contributed by atoms with Crippen molar-refractivity contribution in [3.63, 3.8) is 0 Å². The Balaban J connectivity index is 2.09. The molecule has 0 atom stereocenters. The van der Waals surface area contributed by atoms with Crippen LogP contribution in [0.2, 0.25) is 0 Å². The van der Waals surface area contributed by atoms with Crippen molar-refractivity contribution < 1.29 is 4.52 Å². The number of anilines is 2. The van der Waals surface area contributed by atoms with E-state index in [0.29, 0.717) is 29.8 Å². The number of nitrogens with zero attached hydrogens (tertiary/aromatic N) is 4. The molecule has 4 N–H and O–H groups in total. The van der Waals surface area contributed by atoms with Gasteiger partial charge >= 0.3 is 0 Å². The van der Waals surface area contributed by atoms with Crippen molar-refractivity contribution >= 4 is 11.6 Å². The Labute approximate surface area is 97.6 Å². The van der Waals surface area contributed by atoms with E-state index in [2.05, 4.69) is 35.4 Å². The van der Waals surface area contributed by atoms with Crippen LogP contribution in [0.3, 0.4) is 0 Å². The van der Waals surface area contributed by atoms with Gasteiger partial charge in [0.15, 0.2) is 5.82 Å². The summed E-state index contributed by atoms with van der Waals surface area (Å²) in [6, 6.07) is 1.71. The molecule has 0 saturated carbocycles. The number of nitrogens with two attached hydrogens (primary N) is 1. The number of aryl methyl sites for hydroxylation is 1. The third kappa shape index (κ3) is 2.88. The van der Waals surface area contributed by atoms with Crippen LogP contribution in [0.1, 0.15) is 18.6 Å². The third-order valence-corrected chi connectivity index (χ3v) is 2.07. The molecule has 0 bridgehead atoms. The first-order valence-electron chi connectivity index (χ1n) is 5.15. The highest BCUT2D eigenvalue weighted by atomic mass is 16.5. The molecule has 0 aliphatic rings. The fraction of sp³-hybridized carbons (Fsp3) is 0.333. The van der Waals surface area contributed by atoms with E-state index in [9.17, 15) is 0 Å². The second kappa shape index (κ2) is 5.21. The van der Waals surface area contributed by atoms with Crippen LogP contribution in [0.25, 0.3) is 0 Å². The molecule has 0 aliphatic heterocycles. The van der Waals surface area contributed by atoms with Gasteiger partial charge in [-0.1, -0.05) is 12.1 Å². The molecule has 2 heterocycles. The number of hydrazine groups is 1. The maximum atomic E-state index is 5.33. The quantitative estimate of drug-likeness (QED) is 0.501. The van der Waals surface area contributed by atoms with Gasteiger partial charge in [-0.15, -0.1) is 0 Å². The highest BCUT2D eigenvalue weighted by Crippen LogP contribution is 2.11. The molecule has 2 rings (SSSR count). The smallest absolute Gasteiger partial charge is 0.213 e. The maximum absolute atomic E-state index is 5.33. The van der Waals surface area contributed by atoms with Crippen LogP contribution in [0.15, 0.2) is 17.0 Å². The van der Waals surface area contributed by atoms with E-state index in [4.69, 9.17) is 5.84 Å². The number of aromatic nitrogens is 4. The molecular weight excluding hydrogens is 222 g/mol. The third-order valence-electron chi connectivity index (χ3n) is 2.07. The molecule has 2 aromatic rings. The largest absolute Gasteiger partial charge is 0.362 e. The summed E-state index contributed by atoms with van der Waals surface area (Å²) in [7, 11) is 0. The summed E-state index contributed by atoms with van der Waals surface area (Å²) in [6.07, 6.45) is 2.01. The molecule has 0 aromatic carbocycles. The Morgan fingerprint density at radius 1 is 1.29 bits per heavy atom. The van der Waals surface area contributed by atoms with Gasteiger partial charge in [0, 0.05) is 12.5 Å². The van der Waals surface area contributed by atoms with Gasteiger partial charge in [-0.3, -0.25) is 0 Å². The highest BCUT2D eigenvalue weighted by molar-refractivity contribution is 5.46. The van der Waals surface area contributed by atoms with Crippen LogP contribution in [-0.2, 0) is 13.0 Å². The molecule has 2 aromatic heterocycles. The number of hydrogen-bond donors (Lipinski definition) is 3. The van der Waals surface area contributed by atoms with Crippen LogP contribution >= 0.6 is 0 Å².